The number of urea groups is 1. The van der Waals surface area contributed by atoms with E-state index in [4.69, 9.17) is 5.11 Å². The molecule has 0 radical (unpaired) electrons. The Hall–Kier alpha value is -9.47. The number of carboxylic acids is 9. The van der Waals surface area contributed by atoms with Crippen molar-refractivity contribution < 1.29 is 127 Å². The highest BCUT2D eigenvalue weighted by atomic mass is 28.4. The maximum absolute atomic E-state index is 17.1. The predicted octanol–water partition coefficient (Wildman–Crippen LogP) is -1.72. The number of nitrogens with zero attached hydrogens (tertiary/aromatic N) is 4. The Morgan fingerprint density at radius 3 is 1.21 bits per heavy atom. The number of rotatable bonds is 43. The van der Waals surface area contributed by atoms with Gasteiger partial charge in [-0.1, -0.05) is 53.7 Å². The monoisotopic (exact) mass is 1470 g/mol. The molecule has 102 heavy (non-hydrogen) atoms. The van der Waals surface area contributed by atoms with Gasteiger partial charge in [-0.15, -0.1) is 0 Å². The van der Waals surface area contributed by atoms with Gasteiger partial charge in [-0.05, 0) is 78.8 Å². The summed E-state index contributed by atoms with van der Waals surface area (Å²) in [5.74, 6) is -17.5. The average molecular weight is 1470 g/mol. The van der Waals surface area contributed by atoms with Crippen LogP contribution in [0.3, 0.4) is 0 Å². The fourth-order valence-electron chi connectivity index (χ4n) is 11.4. The van der Waals surface area contributed by atoms with Gasteiger partial charge in [-0.25, -0.2) is 24.0 Å². The minimum atomic E-state index is -3.77. The van der Waals surface area contributed by atoms with Gasteiger partial charge in [0.2, 0.25) is 29.5 Å². The van der Waals surface area contributed by atoms with Gasteiger partial charge < -0.3 is 92.6 Å². The van der Waals surface area contributed by atoms with Crippen molar-refractivity contribution in [1.29, 1.82) is 0 Å². The summed E-state index contributed by atoms with van der Waals surface area (Å²) in [5, 5.41) is 104. The van der Waals surface area contributed by atoms with Crippen LogP contribution >= 0.6 is 0 Å². The van der Waals surface area contributed by atoms with Crippen molar-refractivity contribution in [3.63, 3.8) is 0 Å². The second kappa shape index (κ2) is 43.4. The number of hydrogen-bond acceptors (Lipinski definition) is 20. The first-order valence-corrected chi connectivity index (χ1v) is 34.9. The number of unbranched alkanes of at least 4 members (excludes halogenated alkanes) is 1. The van der Waals surface area contributed by atoms with E-state index >= 15 is 4.11 Å². The van der Waals surface area contributed by atoms with Gasteiger partial charge in [0.1, 0.15) is 36.3 Å². The Balaban J connectivity index is 2.15. The van der Waals surface area contributed by atoms with Crippen LogP contribution < -0.4 is 47.7 Å². The first-order valence-electron chi connectivity index (χ1n) is 33.0. The van der Waals surface area contributed by atoms with Crippen molar-refractivity contribution in [2.45, 2.75) is 171 Å². The van der Waals surface area contributed by atoms with Crippen LogP contribution in [0.15, 0.2) is 24.3 Å². The zero-order valence-corrected chi connectivity index (χ0v) is 59.1. The highest BCUT2D eigenvalue weighted by Gasteiger charge is 2.56. The predicted molar refractivity (Wildman–Crippen MR) is 359 cm³/mol. The number of benzene rings is 1. The number of carbonyl (C=O) groups is 16. The molecule has 0 aromatic heterocycles. The van der Waals surface area contributed by atoms with Gasteiger partial charge in [0.25, 0.3) is 14.3 Å². The van der Waals surface area contributed by atoms with Crippen LogP contribution in [0.4, 0.5) is 8.90 Å². The highest BCUT2D eigenvalue weighted by molar-refractivity contribution is 6.90. The van der Waals surface area contributed by atoms with Crippen LogP contribution in [0.1, 0.15) is 135 Å². The van der Waals surface area contributed by atoms with E-state index in [0.29, 0.717) is 5.19 Å². The van der Waals surface area contributed by atoms with Gasteiger partial charge >= 0.3 is 59.8 Å². The number of aliphatic carboxylic acids is 9. The van der Waals surface area contributed by atoms with Gasteiger partial charge in [-0.3, -0.25) is 72.3 Å². The van der Waals surface area contributed by atoms with Crippen molar-refractivity contribution >= 4 is 109 Å². The largest absolute Gasteiger partial charge is 0.481 e. The fraction of sp³-hybridized carbons (Fsp3) is 0.651. The standard InChI is InChI=1S/C63H99FN12O25Si/c1-62(2,3)102(64,63(4,5)6)39-14-12-38(13-15-39)54(89)67-34-44(69-49(80)20-18-45(60(99)100)76-32-30-74(36-52(85)86)28-26-73(35-51(83)84)27-29-75(31-33-76)37-53(87)88)55(90)70-41(57(93)94)10-7-8-24-65-46(77)21-22-47(78)66-25-9-11-40(56(91)92)68-48(79)19-16-42(58(95)96)71-61(101)72-43(59(97)98)17-23-50(81)82/h12-15,40-45H,7-11,16-37H2,1-6H3,(H,65,77)(H,66,78)(H,67,89)(H,68,79)(H,69,80)(H,70,90)(H,81,82)(H,83,84)(H,85,86)(H,87,88)(H,91,92)(H,93,94)(H,95,96)(H,97,98)(H,99,100)(H2,71,72,101)/t40-,41-,42+,43+,44-,45?/m1/s1. The molecule has 8 amide bonds. The SMILES string of the molecule is CC(C)(C)[Si](F)(c1ccc(C(=O)NC[C@@H](NC(=O)CCC(C(=O)O)N2CCN(CC(=O)O)CCN(CC(=O)O)CCN(CC(=O)O)CC2)C(=O)N[C@H](CCCCNC(=O)CCC(=O)NCCC[C@@H](NC(=O)CC[C@H](NC(=O)N[C@@H](CCC(=O)O)C(=O)O)C(=O)O)C(=O)O)C(=O)O)cc1)C(C)(C)C. The van der Waals surface area contributed by atoms with E-state index in [0.717, 1.165) is 0 Å². The van der Waals surface area contributed by atoms with Crippen molar-refractivity contribution in [2.24, 2.45) is 0 Å². The summed E-state index contributed by atoms with van der Waals surface area (Å²) in [7, 11) is -3.77. The number of hydrogen-bond donors (Lipinski definition) is 17. The molecule has 0 saturated carbocycles. The van der Waals surface area contributed by atoms with Crippen LogP contribution in [-0.2, 0) is 67.1 Å². The minimum Gasteiger partial charge on any atom is -0.481 e. The number of halogens is 1. The van der Waals surface area contributed by atoms with Crippen LogP contribution in [-0.4, -0.2) is 297 Å². The maximum atomic E-state index is 17.1. The third-order valence-corrected chi connectivity index (χ3v) is 21.9. The molecule has 6 atom stereocenters. The van der Waals surface area contributed by atoms with Crippen molar-refractivity contribution in [2.75, 3.05) is 91.6 Å². The van der Waals surface area contributed by atoms with Crippen LogP contribution in [0.2, 0.25) is 10.1 Å². The van der Waals surface area contributed by atoms with E-state index in [9.17, 15) is 118 Å². The molecular weight excluding hydrogens is 1370 g/mol. The molecule has 37 nitrogen and oxygen atoms in total. The number of nitrogens with one attached hydrogen (secondary N) is 8. The summed E-state index contributed by atoms with van der Waals surface area (Å²) in [6.45, 7) is 8.44. The smallest absolute Gasteiger partial charge is 0.326 e. The van der Waals surface area contributed by atoms with Crippen molar-refractivity contribution in [3.05, 3.63) is 29.8 Å². The number of carbonyl (C=O) groups excluding carboxylic acids is 7. The summed E-state index contributed by atoms with van der Waals surface area (Å²) in [6.07, 6.45) is -4.25. The zero-order valence-electron chi connectivity index (χ0n) is 58.1. The molecule has 1 aliphatic rings. The second-order valence-corrected chi connectivity index (χ2v) is 31.5. The third kappa shape index (κ3) is 32.9. The van der Waals surface area contributed by atoms with Crippen molar-refractivity contribution in [1.82, 2.24) is 62.1 Å². The fourth-order valence-corrected chi connectivity index (χ4v) is 16.0. The molecular formula is C63H99FN12O25Si. The van der Waals surface area contributed by atoms with Crippen LogP contribution in [0.25, 0.3) is 0 Å². The van der Waals surface area contributed by atoms with E-state index in [2.05, 4.69) is 31.9 Å². The lowest BCUT2D eigenvalue weighted by molar-refractivity contribution is -0.145. The lowest BCUT2D eigenvalue weighted by Gasteiger charge is -2.44. The summed E-state index contributed by atoms with van der Waals surface area (Å²) >= 11 is 0. The minimum absolute atomic E-state index is 0.00207. The van der Waals surface area contributed by atoms with E-state index in [1.165, 1.54) is 43.9 Å². The third-order valence-electron chi connectivity index (χ3n) is 16.6. The molecule has 0 spiro atoms. The molecule has 1 aliphatic heterocycles. The molecule has 1 saturated heterocycles. The molecule has 1 unspecified atom stereocenters. The first kappa shape index (κ1) is 88.6. The summed E-state index contributed by atoms with van der Waals surface area (Å²) < 4.78 is 17.1. The van der Waals surface area contributed by atoms with E-state index in [1.54, 1.807) is 41.5 Å². The molecule has 1 fully saturated rings. The topological polar surface area (TPSA) is 564 Å². The molecule has 1 heterocycles. The molecule has 2 rings (SSSR count). The number of carboxylic acid groups (broad SMARTS) is 9. The van der Waals surface area contributed by atoms with E-state index in [-0.39, 0.29) is 116 Å². The Morgan fingerprint density at radius 2 is 0.794 bits per heavy atom. The Labute approximate surface area is 588 Å². The molecule has 0 aliphatic carbocycles. The summed E-state index contributed by atoms with van der Waals surface area (Å²) in [4.78, 5) is 205. The van der Waals surface area contributed by atoms with Crippen LogP contribution in [0, 0.1) is 0 Å². The Morgan fingerprint density at radius 1 is 0.412 bits per heavy atom. The average Bonchev–Trinajstić information content (AvgIpc) is 0.748. The summed E-state index contributed by atoms with van der Waals surface area (Å²) in [6, 6.07) is -5.18. The van der Waals surface area contributed by atoms with E-state index in [1.807, 2.05) is 10.6 Å². The Bertz CT molecular complexity index is 3050. The van der Waals surface area contributed by atoms with Gasteiger partial charge in [0.15, 0.2) is 0 Å². The lowest BCUT2D eigenvalue weighted by atomic mass is 10.1. The molecule has 572 valence electrons. The maximum Gasteiger partial charge on any atom is 0.326 e. The van der Waals surface area contributed by atoms with Gasteiger partial charge in [0, 0.05) is 110 Å². The second-order valence-electron chi connectivity index (χ2n) is 26.6. The molecule has 17 N–H and O–H groups in total. The van der Waals surface area contributed by atoms with Gasteiger partial charge in [-0.2, -0.15) is 0 Å². The quantitative estimate of drug-likeness (QED) is 0.0197. The first-order chi connectivity index (χ1) is 47.5. The van der Waals surface area contributed by atoms with Crippen LogP contribution in [0.5, 0.6) is 0 Å². The zero-order chi connectivity index (χ0) is 77.2. The molecule has 1 aromatic carbocycles. The summed E-state index contributed by atoms with van der Waals surface area (Å²) in [5.41, 5.74) is 0.0380. The molecule has 39 heteroatoms. The lowest BCUT2D eigenvalue weighted by Crippen LogP contribution is -2.58. The normalized spacial score (nSPS) is 15.6. The highest BCUT2D eigenvalue weighted by Crippen LogP contribution is 2.51. The van der Waals surface area contributed by atoms with Gasteiger partial charge in [0.05, 0.1) is 19.6 Å². The van der Waals surface area contributed by atoms with E-state index < -0.39 is 215 Å². The van der Waals surface area contributed by atoms with Crippen molar-refractivity contribution in [3.8, 4) is 0 Å². The number of amides is 8. The molecule has 1 aromatic rings. The molecule has 0 bridgehead atoms. The Kier molecular flexibility index (Phi) is 37.7.